The monoisotopic (exact) mass is 348 g/mol. The standard InChI is InChI=1S/C19H25O4P/c1-14(2)13-19(23-24(20,21)22,17-11-7-5-9-15(17)3)18-12-8-6-10-16(18)4/h5-12,14H,13H2,1-4H3,(H2,20,21,22). The van der Waals surface area contributed by atoms with Crippen LogP contribution in [-0.2, 0) is 14.7 Å². The predicted octanol–water partition coefficient (Wildman–Crippen LogP) is 4.70. The third-order valence-corrected chi connectivity index (χ3v) is 4.68. The Hall–Kier alpha value is -1.45. The van der Waals surface area contributed by atoms with Crippen molar-refractivity contribution < 1.29 is 18.9 Å². The lowest BCUT2D eigenvalue weighted by Crippen LogP contribution is -2.33. The van der Waals surface area contributed by atoms with Gasteiger partial charge in [0.2, 0.25) is 0 Å². The van der Waals surface area contributed by atoms with E-state index in [-0.39, 0.29) is 5.92 Å². The molecular weight excluding hydrogens is 323 g/mol. The highest BCUT2D eigenvalue weighted by Crippen LogP contribution is 2.52. The molecule has 2 aromatic carbocycles. The van der Waals surface area contributed by atoms with Crippen LogP contribution < -0.4 is 0 Å². The van der Waals surface area contributed by atoms with Gasteiger partial charge >= 0.3 is 7.82 Å². The van der Waals surface area contributed by atoms with Crippen LogP contribution in [0.25, 0.3) is 0 Å². The van der Waals surface area contributed by atoms with E-state index < -0.39 is 13.4 Å². The molecule has 24 heavy (non-hydrogen) atoms. The molecule has 0 saturated heterocycles. The SMILES string of the molecule is Cc1ccccc1C(CC(C)C)(OP(=O)(O)O)c1ccccc1C. The zero-order valence-corrected chi connectivity index (χ0v) is 15.5. The van der Waals surface area contributed by atoms with Crippen molar-refractivity contribution in [1.82, 2.24) is 0 Å². The van der Waals surface area contributed by atoms with Gasteiger partial charge in [-0.2, -0.15) is 0 Å². The maximum absolute atomic E-state index is 11.9. The molecule has 0 aliphatic rings. The summed E-state index contributed by atoms with van der Waals surface area (Å²) in [6, 6.07) is 15.2. The minimum absolute atomic E-state index is 0.177. The van der Waals surface area contributed by atoms with E-state index in [0.717, 1.165) is 22.3 Å². The topological polar surface area (TPSA) is 66.8 Å². The predicted molar refractivity (Wildman–Crippen MR) is 95.7 cm³/mol. The zero-order chi connectivity index (χ0) is 18.0. The molecule has 0 spiro atoms. The van der Waals surface area contributed by atoms with Crippen molar-refractivity contribution >= 4 is 7.82 Å². The number of hydrogen-bond acceptors (Lipinski definition) is 2. The molecule has 0 radical (unpaired) electrons. The first-order valence-corrected chi connectivity index (χ1v) is 9.57. The Morgan fingerprint density at radius 1 is 0.958 bits per heavy atom. The lowest BCUT2D eigenvalue weighted by Gasteiger charge is -2.38. The fourth-order valence-corrected chi connectivity index (χ4v) is 4.01. The van der Waals surface area contributed by atoms with Crippen LogP contribution in [0.15, 0.2) is 48.5 Å². The van der Waals surface area contributed by atoms with E-state index in [2.05, 4.69) is 0 Å². The molecule has 2 aromatic rings. The molecule has 0 atom stereocenters. The van der Waals surface area contributed by atoms with Crippen molar-refractivity contribution in [3.05, 3.63) is 70.8 Å². The van der Waals surface area contributed by atoms with Crippen LogP contribution in [-0.4, -0.2) is 9.79 Å². The summed E-state index contributed by atoms with van der Waals surface area (Å²) in [6.07, 6.45) is 0.466. The Bertz CT molecular complexity index is 703. The molecule has 5 heteroatoms. The molecule has 0 aromatic heterocycles. The summed E-state index contributed by atoms with van der Waals surface area (Å²) < 4.78 is 17.4. The number of rotatable bonds is 6. The molecule has 0 heterocycles. The molecule has 0 amide bonds. The highest BCUT2D eigenvalue weighted by atomic mass is 31.2. The van der Waals surface area contributed by atoms with Crippen molar-refractivity contribution in [2.45, 2.75) is 39.7 Å². The average Bonchev–Trinajstić information content (AvgIpc) is 2.45. The summed E-state index contributed by atoms with van der Waals surface area (Å²) in [4.78, 5) is 19.3. The molecule has 2 rings (SSSR count). The molecule has 0 bridgehead atoms. The van der Waals surface area contributed by atoms with E-state index in [4.69, 9.17) is 4.52 Å². The molecule has 0 aliphatic carbocycles. The van der Waals surface area contributed by atoms with E-state index in [1.807, 2.05) is 76.2 Å². The molecule has 4 nitrogen and oxygen atoms in total. The van der Waals surface area contributed by atoms with Gasteiger partial charge in [0.1, 0.15) is 5.60 Å². The van der Waals surface area contributed by atoms with E-state index in [9.17, 15) is 14.4 Å². The Balaban J connectivity index is 2.81. The van der Waals surface area contributed by atoms with Crippen LogP contribution in [0, 0.1) is 19.8 Å². The van der Waals surface area contributed by atoms with Gasteiger partial charge in [-0.25, -0.2) is 4.57 Å². The molecule has 130 valence electrons. The average molecular weight is 348 g/mol. The summed E-state index contributed by atoms with van der Waals surface area (Å²) in [7, 11) is -4.71. The van der Waals surface area contributed by atoms with Crippen LogP contribution in [0.4, 0.5) is 0 Å². The first-order chi connectivity index (χ1) is 11.2. The van der Waals surface area contributed by atoms with Gasteiger partial charge in [0.15, 0.2) is 0 Å². The van der Waals surface area contributed by atoms with E-state index in [0.29, 0.717) is 6.42 Å². The van der Waals surface area contributed by atoms with Crippen LogP contribution >= 0.6 is 7.82 Å². The fourth-order valence-electron chi connectivity index (χ4n) is 3.33. The summed E-state index contributed by atoms with van der Waals surface area (Å²) >= 11 is 0. The molecule has 2 N–H and O–H groups in total. The lowest BCUT2D eigenvalue weighted by atomic mass is 9.77. The first-order valence-electron chi connectivity index (χ1n) is 8.04. The van der Waals surface area contributed by atoms with Gasteiger partial charge < -0.3 is 9.79 Å². The summed E-state index contributed by atoms with van der Waals surface area (Å²) in [5.41, 5.74) is 2.27. The third-order valence-electron chi connectivity index (χ3n) is 4.13. The number of phosphoric acid groups is 1. The summed E-state index contributed by atoms with van der Waals surface area (Å²) in [6.45, 7) is 7.92. The number of benzene rings is 2. The largest absolute Gasteiger partial charge is 0.470 e. The fraction of sp³-hybridized carbons (Fsp3) is 0.368. The molecular formula is C19H25O4P. The second-order valence-corrected chi connectivity index (χ2v) is 7.80. The van der Waals surface area contributed by atoms with Crippen molar-refractivity contribution in [3.8, 4) is 0 Å². The van der Waals surface area contributed by atoms with Crippen LogP contribution in [0.5, 0.6) is 0 Å². The Morgan fingerprint density at radius 2 is 1.38 bits per heavy atom. The smallest absolute Gasteiger partial charge is 0.303 e. The van der Waals surface area contributed by atoms with Crippen molar-refractivity contribution in [1.29, 1.82) is 0 Å². The molecule has 0 fully saturated rings. The number of phosphoric ester groups is 1. The van der Waals surface area contributed by atoms with E-state index in [1.165, 1.54) is 0 Å². The van der Waals surface area contributed by atoms with E-state index >= 15 is 0 Å². The van der Waals surface area contributed by atoms with E-state index in [1.54, 1.807) is 0 Å². The molecule has 0 aliphatic heterocycles. The van der Waals surface area contributed by atoms with Gasteiger partial charge in [-0.3, -0.25) is 4.52 Å². The normalized spacial score (nSPS) is 12.6. The van der Waals surface area contributed by atoms with Gasteiger partial charge in [-0.15, -0.1) is 0 Å². The number of hydrogen-bond donors (Lipinski definition) is 2. The van der Waals surface area contributed by atoms with Crippen molar-refractivity contribution in [2.75, 3.05) is 0 Å². The Morgan fingerprint density at radius 3 is 1.71 bits per heavy atom. The minimum Gasteiger partial charge on any atom is -0.303 e. The Kier molecular flexibility index (Phi) is 5.67. The Labute approximate surface area is 143 Å². The summed E-state index contributed by atoms with van der Waals surface area (Å²) in [5.74, 6) is 0.177. The van der Waals surface area contributed by atoms with Gasteiger partial charge in [0.25, 0.3) is 0 Å². The highest BCUT2D eigenvalue weighted by Gasteiger charge is 2.43. The quantitative estimate of drug-likeness (QED) is 0.743. The van der Waals surface area contributed by atoms with Gasteiger partial charge in [-0.05, 0) is 48.4 Å². The van der Waals surface area contributed by atoms with Crippen molar-refractivity contribution in [2.24, 2.45) is 5.92 Å². The van der Waals surface area contributed by atoms with Crippen LogP contribution in [0.1, 0.15) is 42.5 Å². The van der Waals surface area contributed by atoms with Crippen LogP contribution in [0.3, 0.4) is 0 Å². The maximum Gasteiger partial charge on any atom is 0.470 e. The second-order valence-electron chi connectivity index (χ2n) is 6.64. The van der Waals surface area contributed by atoms with Gasteiger partial charge in [0.05, 0.1) is 0 Å². The molecule has 0 unspecified atom stereocenters. The zero-order valence-electron chi connectivity index (χ0n) is 14.6. The second kappa shape index (κ2) is 7.20. The number of aryl methyl sites for hydroxylation is 2. The summed E-state index contributed by atoms with van der Waals surface area (Å²) in [5, 5.41) is 0. The van der Waals surface area contributed by atoms with Gasteiger partial charge in [0, 0.05) is 0 Å². The van der Waals surface area contributed by atoms with Gasteiger partial charge in [-0.1, -0.05) is 62.4 Å². The first kappa shape index (κ1) is 18.9. The third kappa shape index (κ3) is 4.14. The molecule has 0 saturated carbocycles. The maximum atomic E-state index is 11.9. The van der Waals surface area contributed by atoms with Crippen molar-refractivity contribution in [3.63, 3.8) is 0 Å². The highest BCUT2D eigenvalue weighted by molar-refractivity contribution is 7.46. The lowest BCUT2D eigenvalue weighted by molar-refractivity contribution is 0.0462. The minimum atomic E-state index is -4.71. The van der Waals surface area contributed by atoms with Crippen LogP contribution in [0.2, 0.25) is 0 Å².